The number of benzene rings is 1. The molecule has 1 heterocycles. The molecule has 0 aromatic heterocycles. The first kappa shape index (κ1) is 19.7. The Morgan fingerprint density at radius 1 is 1.08 bits per heavy atom. The number of rotatable bonds is 4. The van der Waals surface area contributed by atoms with Crippen LogP contribution in [0, 0.1) is 5.92 Å². The highest BCUT2D eigenvalue weighted by molar-refractivity contribution is 7.91. The Bertz CT molecular complexity index is 728. The van der Waals surface area contributed by atoms with Crippen molar-refractivity contribution in [3.8, 4) is 0 Å². The molecule has 3 rings (SSSR count). The number of sulfone groups is 1. The summed E-state index contributed by atoms with van der Waals surface area (Å²) in [7, 11) is -3.32. The molecule has 0 spiro atoms. The molecular formula is C20H28ClNO3S. The van der Waals surface area contributed by atoms with Gasteiger partial charge in [-0.3, -0.25) is 4.79 Å². The zero-order chi connectivity index (χ0) is 18.6. The van der Waals surface area contributed by atoms with Crippen LogP contribution < -0.4 is 0 Å². The minimum Gasteiger partial charge on any atom is -0.342 e. The van der Waals surface area contributed by atoms with Gasteiger partial charge in [0.05, 0.1) is 11.0 Å². The van der Waals surface area contributed by atoms with Gasteiger partial charge in [-0.2, -0.15) is 0 Å². The highest BCUT2D eigenvalue weighted by Gasteiger charge is 2.33. The van der Waals surface area contributed by atoms with E-state index < -0.39 is 15.1 Å². The van der Waals surface area contributed by atoms with E-state index in [4.69, 9.17) is 11.6 Å². The SMILES string of the molecule is O=C(CCC1CCCCC1)N1CCC(c2ccccc2Cl)S(=O)(=O)CC1. The molecule has 144 valence electrons. The Morgan fingerprint density at radius 2 is 1.81 bits per heavy atom. The Kier molecular flexibility index (Phi) is 6.62. The van der Waals surface area contributed by atoms with E-state index in [0.29, 0.717) is 42.4 Å². The van der Waals surface area contributed by atoms with E-state index >= 15 is 0 Å². The molecule has 26 heavy (non-hydrogen) atoms. The van der Waals surface area contributed by atoms with Gasteiger partial charge in [-0.1, -0.05) is 61.9 Å². The van der Waals surface area contributed by atoms with Crippen LogP contribution in [0.3, 0.4) is 0 Å². The van der Waals surface area contributed by atoms with Gasteiger partial charge in [0.25, 0.3) is 0 Å². The van der Waals surface area contributed by atoms with Crippen LogP contribution >= 0.6 is 11.6 Å². The van der Waals surface area contributed by atoms with E-state index in [1.54, 1.807) is 23.1 Å². The summed E-state index contributed by atoms with van der Waals surface area (Å²) in [5.74, 6) is 0.780. The average Bonchev–Trinajstić information content (AvgIpc) is 2.79. The first-order valence-electron chi connectivity index (χ1n) is 9.71. The molecule has 0 N–H and O–H groups in total. The molecule has 4 nitrogen and oxygen atoms in total. The summed E-state index contributed by atoms with van der Waals surface area (Å²) in [6, 6.07) is 7.13. The standard InChI is InChI=1S/C20H28ClNO3S/c21-18-9-5-4-8-17(18)19-12-13-22(14-15-26(19,24)25)20(23)11-10-16-6-2-1-3-7-16/h4-5,8-9,16,19H,1-3,6-7,10-15H2. The number of carbonyl (C=O) groups excluding carboxylic acids is 1. The van der Waals surface area contributed by atoms with E-state index in [-0.39, 0.29) is 11.7 Å². The van der Waals surface area contributed by atoms with E-state index in [2.05, 4.69) is 0 Å². The molecule has 1 aromatic carbocycles. The van der Waals surface area contributed by atoms with Crippen LogP contribution in [0.4, 0.5) is 0 Å². The molecule has 1 aliphatic carbocycles. The lowest BCUT2D eigenvalue weighted by molar-refractivity contribution is -0.131. The number of amides is 1. The predicted molar refractivity (Wildman–Crippen MR) is 105 cm³/mol. The molecule has 1 aliphatic heterocycles. The molecule has 1 unspecified atom stereocenters. The summed E-state index contributed by atoms with van der Waals surface area (Å²) < 4.78 is 25.5. The van der Waals surface area contributed by atoms with Crippen molar-refractivity contribution in [1.29, 1.82) is 0 Å². The fraction of sp³-hybridized carbons (Fsp3) is 0.650. The first-order valence-corrected chi connectivity index (χ1v) is 11.8. The summed E-state index contributed by atoms with van der Waals surface area (Å²) in [5.41, 5.74) is 0.658. The van der Waals surface area contributed by atoms with Gasteiger partial charge < -0.3 is 4.90 Å². The second-order valence-electron chi connectivity index (χ2n) is 7.59. The average molecular weight is 398 g/mol. The zero-order valence-corrected chi connectivity index (χ0v) is 16.8. The first-order chi connectivity index (χ1) is 12.5. The van der Waals surface area contributed by atoms with Crippen LogP contribution in [-0.4, -0.2) is 38.1 Å². The molecule has 2 aliphatic rings. The molecule has 1 atom stereocenters. The molecular weight excluding hydrogens is 370 g/mol. The molecule has 1 saturated carbocycles. The maximum atomic E-state index is 12.7. The van der Waals surface area contributed by atoms with E-state index in [9.17, 15) is 13.2 Å². The molecule has 2 fully saturated rings. The third kappa shape index (κ3) is 4.80. The molecule has 1 saturated heterocycles. The van der Waals surface area contributed by atoms with Gasteiger partial charge in [0.15, 0.2) is 9.84 Å². The van der Waals surface area contributed by atoms with Crippen molar-refractivity contribution in [2.75, 3.05) is 18.8 Å². The van der Waals surface area contributed by atoms with Gasteiger partial charge in [-0.05, 0) is 30.4 Å². The maximum absolute atomic E-state index is 12.7. The maximum Gasteiger partial charge on any atom is 0.222 e. The predicted octanol–water partition coefficient (Wildman–Crippen LogP) is 4.39. The molecule has 1 amide bonds. The Morgan fingerprint density at radius 3 is 2.54 bits per heavy atom. The minimum absolute atomic E-state index is 0.0120. The quantitative estimate of drug-likeness (QED) is 0.757. The Hall–Kier alpha value is -1.07. The zero-order valence-electron chi connectivity index (χ0n) is 15.2. The van der Waals surface area contributed by atoms with Crippen LogP contribution in [0.1, 0.15) is 62.2 Å². The number of halogens is 1. The van der Waals surface area contributed by atoms with Gasteiger partial charge in [-0.25, -0.2) is 8.42 Å². The molecule has 0 radical (unpaired) electrons. The highest BCUT2D eigenvalue weighted by atomic mass is 35.5. The van der Waals surface area contributed by atoms with Crippen LogP contribution in [0.2, 0.25) is 5.02 Å². The summed E-state index contributed by atoms with van der Waals surface area (Å²) in [4.78, 5) is 14.4. The summed E-state index contributed by atoms with van der Waals surface area (Å²) in [5, 5.41) is -0.134. The fourth-order valence-corrected chi connectivity index (χ4v) is 6.39. The topological polar surface area (TPSA) is 54.5 Å². The smallest absolute Gasteiger partial charge is 0.222 e. The van der Waals surface area contributed by atoms with Gasteiger partial charge >= 0.3 is 0 Å². The highest BCUT2D eigenvalue weighted by Crippen LogP contribution is 2.34. The van der Waals surface area contributed by atoms with Crippen LogP contribution in [0.5, 0.6) is 0 Å². The van der Waals surface area contributed by atoms with E-state index in [1.807, 2.05) is 6.07 Å². The lowest BCUT2D eigenvalue weighted by Crippen LogP contribution is -2.33. The largest absolute Gasteiger partial charge is 0.342 e. The van der Waals surface area contributed by atoms with Crippen molar-refractivity contribution >= 4 is 27.3 Å². The molecule has 6 heteroatoms. The van der Waals surface area contributed by atoms with Gasteiger partial charge in [0.2, 0.25) is 5.91 Å². The number of hydrogen-bond donors (Lipinski definition) is 0. The number of nitrogens with zero attached hydrogens (tertiary/aromatic N) is 1. The fourth-order valence-electron chi connectivity index (χ4n) is 4.24. The Labute approximate surface area is 161 Å². The third-order valence-electron chi connectivity index (χ3n) is 5.84. The summed E-state index contributed by atoms with van der Waals surface area (Å²) >= 11 is 6.23. The monoisotopic (exact) mass is 397 g/mol. The van der Waals surface area contributed by atoms with Crippen molar-refractivity contribution in [3.05, 3.63) is 34.9 Å². The summed E-state index contributed by atoms with van der Waals surface area (Å²) in [6.07, 6.45) is 8.24. The molecule has 0 bridgehead atoms. The van der Waals surface area contributed by atoms with Gasteiger partial charge in [0.1, 0.15) is 0 Å². The van der Waals surface area contributed by atoms with Gasteiger partial charge in [0, 0.05) is 24.5 Å². The van der Waals surface area contributed by atoms with Crippen molar-refractivity contribution in [2.45, 2.75) is 56.6 Å². The van der Waals surface area contributed by atoms with Crippen molar-refractivity contribution in [1.82, 2.24) is 4.90 Å². The second kappa shape index (κ2) is 8.75. The normalized spacial score (nSPS) is 24.2. The minimum atomic E-state index is -3.32. The van der Waals surface area contributed by atoms with Crippen LogP contribution in [-0.2, 0) is 14.6 Å². The van der Waals surface area contributed by atoms with Crippen molar-refractivity contribution < 1.29 is 13.2 Å². The number of carbonyl (C=O) groups is 1. The van der Waals surface area contributed by atoms with Gasteiger partial charge in [-0.15, -0.1) is 0 Å². The van der Waals surface area contributed by atoms with Crippen LogP contribution in [0.25, 0.3) is 0 Å². The van der Waals surface area contributed by atoms with Crippen LogP contribution in [0.15, 0.2) is 24.3 Å². The molecule has 1 aromatic rings. The van der Waals surface area contributed by atoms with Crippen molar-refractivity contribution in [3.63, 3.8) is 0 Å². The van der Waals surface area contributed by atoms with E-state index in [0.717, 1.165) is 6.42 Å². The third-order valence-corrected chi connectivity index (χ3v) is 8.29. The lowest BCUT2D eigenvalue weighted by atomic mass is 9.86. The second-order valence-corrected chi connectivity index (χ2v) is 10.3. The van der Waals surface area contributed by atoms with E-state index in [1.165, 1.54) is 32.1 Å². The summed E-state index contributed by atoms with van der Waals surface area (Å²) in [6.45, 7) is 0.783. The van der Waals surface area contributed by atoms with Crippen molar-refractivity contribution in [2.24, 2.45) is 5.92 Å². The number of hydrogen-bond acceptors (Lipinski definition) is 3. The lowest BCUT2D eigenvalue weighted by Gasteiger charge is -2.24. The Balaban J connectivity index is 1.62.